The quantitative estimate of drug-likeness (QED) is 0.745. The van der Waals surface area contributed by atoms with Gasteiger partial charge in [0.2, 0.25) is 11.9 Å². The number of hydrogen-bond donors (Lipinski definition) is 1. The van der Waals surface area contributed by atoms with Crippen LogP contribution in [-0.4, -0.2) is 88.1 Å². The molecule has 2 atom stereocenters. The van der Waals surface area contributed by atoms with Crippen LogP contribution in [0.15, 0.2) is 18.6 Å². The molecule has 4 heterocycles. The molecule has 2 fully saturated rings. The molecule has 2 aliphatic heterocycles. The average molecular weight is 400 g/mol. The second-order valence-corrected chi connectivity index (χ2v) is 7.50. The highest BCUT2D eigenvalue weighted by atomic mass is 16.5. The number of aromatic nitrogens is 5. The first-order valence-electron chi connectivity index (χ1n) is 10.1. The summed E-state index contributed by atoms with van der Waals surface area (Å²) < 4.78 is 5.42. The molecule has 2 saturated heterocycles. The van der Waals surface area contributed by atoms with Crippen molar-refractivity contribution < 1.29 is 9.84 Å². The topological polar surface area (TPSA) is 104 Å². The first kappa shape index (κ1) is 19.7. The molecule has 0 unspecified atom stereocenters. The third-order valence-corrected chi connectivity index (χ3v) is 5.33. The number of aliphatic hydroxyl groups excluding tert-OH is 1. The maximum Gasteiger partial charge on any atom is 0.230 e. The summed E-state index contributed by atoms with van der Waals surface area (Å²) >= 11 is 0. The second-order valence-electron chi connectivity index (χ2n) is 7.50. The lowest BCUT2D eigenvalue weighted by Crippen LogP contribution is -2.57. The van der Waals surface area contributed by atoms with E-state index in [9.17, 15) is 5.11 Å². The van der Waals surface area contributed by atoms with E-state index in [2.05, 4.69) is 48.5 Å². The first-order chi connectivity index (χ1) is 14.2. The Balaban J connectivity index is 1.50. The fourth-order valence-electron chi connectivity index (χ4n) is 4.04. The number of ether oxygens (including phenoxy) is 1. The van der Waals surface area contributed by atoms with Gasteiger partial charge >= 0.3 is 0 Å². The number of piperazine rings is 1. The van der Waals surface area contributed by atoms with E-state index in [0.717, 1.165) is 32.0 Å². The van der Waals surface area contributed by atoms with Crippen LogP contribution in [-0.2, 0) is 11.2 Å². The van der Waals surface area contributed by atoms with Crippen molar-refractivity contribution in [2.45, 2.75) is 32.4 Å². The third kappa shape index (κ3) is 4.38. The maximum absolute atomic E-state index is 9.17. The van der Waals surface area contributed by atoms with E-state index in [1.54, 1.807) is 12.5 Å². The Kier molecular flexibility index (Phi) is 6.00. The lowest BCUT2D eigenvalue weighted by atomic mass is 10.1. The van der Waals surface area contributed by atoms with Crippen molar-refractivity contribution in [1.29, 1.82) is 0 Å². The minimum atomic E-state index is 0.0488. The fourth-order valence-corrected chi connectivity index (χ4v) is 4.04. The zero-order valence-corrected chi connectivity index (χ0v) is 17.0. The van der Waals surface area contributed by atoms with Gasteiger partial charge < -0.3 is 24.5 Å². The minimum absolute atomic E-state index is 0.0488. The smallest absolute Gasteiger partial charge is 0.230 e. The van der Waals surface area contributed by atoms with E-state index in [1.165, 1.54) is 0 Å². The van der Waals surface area contributed by atoms with Crippen molar-refractivity contribution in [3.05, 3.63) is 24.4 Å². The summed E-state index contributed by atoms with van der Waals surface area (Å²) in [5.74, 6) is 2.99. The molecule has 2 aromatic rings. The molecule has 0 aromatic carbocycles. The largest absolute Gasteiger partial charge is 0.396 e. The van der Waals surface area contributed by atoms with Crippen molar-refractivity contribution in [2.75, 3.05) is 60.7 Å². The molecule has 2 aliphatic rings. The van der Waals surface area contributed by atoms with Gasteiger partial charge in [-0.2, -0.15) is 4.98 Å². The second kappa shape index (κ2) is 8.83. The standard InChI is InChI=1S/C19H28N8O2/c1-14-11-26(19-22-13-21-18(24-19)25-6-9-29-10-7-25)12-15(2)27(14)17-3-5-20-16(23-17)4-8-28/h3,5,13-15,28H,4,6-12H2,1-2H3/t14-,15+. The number of hydrogen-bond acceptors (Lipinski definition) is 10. The molecule has 0 aliphatic carbocycles. The van der Waals surface area contributed by atoms with Gasteiger partial charge in [-0.25, -0.2) is 19.9 Å². The molecule has 156 valence electrons. The highest BCUT2D eigenvalue weighted by Crippen LogP contribution is 2.25. The average Bonchev–Trinajstić information content (AvgIpc) is 2.74. The summed E-state index contributed by atoms with van der Waals surface area (Å²) in [7, 11) is 0. The van der Waals surface area contributed by atoms with Crippen LogP contribution >= 0.6 is 0 Å². The molecule has 10 nitrogen and oxygen atoms in total. The zero-order valence-electron chi connectivity index (χ0n) is 17.0. The predicted molar refractivity (Wildman–Crippen MR) is 109 cm³/mol. The summed E-state index contributed by atoms with van der Waals surface area (Å²) in [4.78, 5) is 29.1. The molecule has 1 N–H and O–H groups in total. The predicted octanol–water partition coefficient (Wildman–Crippen LogP) is 0.137. The molecule has 0 saturated carbocycles. The Labute approximate surface area is 170 Å². The maximum atomic E-state index is 9.17. The van der Waals surface area contributed by atoms with Crippen molar-refractivity contribution in [1.82, 2.24) is 24.9 Å². The van der Waals surface area contributed by atoms with Gasteiger partial charge in [-0.15, -0.1) is 0 Å². The van der Waals surface area contributed by atoms with Crippen molar-refractivity contribution in [3.63, 3.8) is 0 Å². The Morgan fingerprint density at radius 1 is 1.00 bits per heavy atom. The Hall–Kier alpha value is -2.59. The SMILES string of the molecule is C[C@@H]1CN(c2ncnc(N3CCOCC3)n2)C[C@H](C)N1c1ccnc(CCO)n1. The molecule has 0 amide bonds. The van der Waals surface area contributed by atoms with Crippen LogP contribution in [0, 0.1) is 0 Å². The first-order valence-corrected chi connectivity index (χ1v) is 10.1. The van der Waals surface area contributed by atoms with Crippen molar-refractivity contribution in [2.24, 2.45) is 0 Å². The van der Waals surface area contributed by atoms with Crippen LogP contribution in [0.4, 0.5) is 17.7 Å². The number of nitrogens with zero attached hydrogens (tertiary/aromatic N) is 8. The Morgan fingerprint density at radius 3 is 2.38 bits per heavy atom. The number of rotatable bonds is 5. The highest BCUT2D eigenvalue weighted by molar-refractivity contribution is 5.46. The molecule has 0 radical (unpaired) electrons. The highest BCUT2D eigenvalue weighted by Gasteiger charge is 2.32. The van der Waals surface area contributed by atoms with Gasteiger partial charge in [0.05, 0.1) is 19.8 Å². The molecular weight excluding hydrogens is 372 g/mol. The van der Waals surface area contributed by atoms with E-state index >= 15 is 0 Å². The van der Waals surface area contributed by atoms with E-state index in [0.29, 0.717) is 37.4 Å². The minimum Gasteiger partial charge on any atom is -0.396 e. The van der Waals surface area contributed by atoms with Gasteiger partial charge in [0.15, 0.2) is 0 Å². The van der Waals surface area contributed by atoms with Gasteiger partial charge in [-0.05, 0) is 19.9 Å². The van der Waals surface area contributed by atoms with Crippen LogP contribution in [0.25, 0.3) is 0 Å². The number of anilines is 3. The summed E-state index contributed by atoms with van der Waals surface area (Å²) in [6.45, 7) is 8.98. The van der Waals surface area contributed by atoms with Gasteiger partial charge in [-0.1, -0.05) is 0 Å². The summed E-state index contributed by atoms with van der Waals surface area (Å²) in [5.41, 5.74) is 0. The summed E-state index contributed by atoms with van der Waals surface area (Å²) in [6.07, 6.45) is 3.83. The summed E-state index contributed by atoms with van der Waals surface area (Å²) in [5, 5.41) is 9.17. The Bertz CT molecular complexity index is 804. The van der Waals surface area contributed by atoms with Gasteiger partial charge in [0.25, 0.3) is 0 Å². The molecule has 0 spiro atoms. The lowest BCUT2D eigenvalue weighted by Gasteiger charge is -2.45. The van der Waals surface area contributed by atoms with Crippen LogP contribution < -0.4 is 14.7 Å². The fraction of sp³-hybridized carbons (Fsp3) is 0.632. The number of morpholine rings is 1. The lowest BCUT2D eigenvalue weighted by molar-refractivity contribution is 0.122. The molecule has 29 heavy (non-hydrogen) atoms. The van der Waals surface area contributed by atoms with E-state index < -0.39 is 0 Å². The van der Waals surface area contributed by atoms with Crippen molar-refractivity contribution in [3.8, 4) is 0 Å². The summed E-state index contributed by atoms with van der Waals surface area (Å²) in [6, 6.07) is 2.38. The van der Waals surface area contributed by atoms with Crippen LogP contribution in [0.5, 0.6) is 0 Å². The van der Waals surface area contributed by atoms with Gasteiger partial charge in [0, 0.05) is 50.9 Å². The van der Waals surface area contributed by atoms with Crippen LogP contribution in [0.1, 0.15) is 19.7 Å². The van der Waals surface area contributed by atoms with Crippen LogP contribution in [0.2, 0.25) is 0 Å². The van der Waals surface area contributed by atoms with E-state index in [4.69, 9.17) is 9.72 Å². The number of aliphatic hydroxyl groups is 1. The molecule has 0 bridgehead atoms. The normalized spacial score (nSPS) is 22.8. The third-order valence-electron chi connectivity index (χ3n) is 5.33. The zero-order chi connectivity index (χ0) is 20.2. The molecule has 10 heteroatoms. The van der Waals surface area contributed by atoms with Crippen molar-refractivity contribution >= 4 is 17.7 Å². The molecule has 4 rings (SSSR count). The molecular formula is C19H28N8O2. The molecule has 2 aromatic heterocycles. The van der Waals surface area contributed by atoms with E-state index in [-0.39, 0.29) is 18.7 Å². The van der Waals surface area contributed by atoms with Crippen LogP contribution in [0.3, 0.4) is 0 Å². The van der Waals surface area contributed by atoms with Gasteiger partial charge in [-0.3, -0.25) is 0 Å². The van der Waals surface area contributed by atoms with Gasteiger partial charge in [0.1, 0.15) is 18.0 Å². The van der Waals surface area contributed by atoms with E-state index in [1.807, 2.05) is 6.07 Å². The monoisotopic (exact) mass is 400 g/mol. The Morgan fingerprint density at radius 2 is 1.69 bits per heavy atom.